The Morgan fingerprint density at radius 3 is 2.32 bits per heavy atom. The smallest absolute Gasteiger partial charge is 0.226 e. The number of nitrogens with one attached hydrogen (secondary N) is 1. The van der Waals surface area contributed by atoms with E-state index in [-0.39, 0.29) is 11.3 Å². The van der Waals surface area contributed by atoms with Crippen LogP contribution in [0.2, 0.25) is 0 Å². The van der Waals surface area contributed by atoms with Gasteiger partial charge in [0.25, 0.3) is 0 Å². The lowest BCUT2D eigenvalue weighted by atomic mass is 9.77. The number of anilines is 1. The lowest BCUT2D eigenvalue weighted by Crippen LogP contribution is -2.44. The van der Waals surface area contributed by atoms with E-state index in [0.717, 1.165) is 38.9 Å². The molecule has 0 bridgehead atoms. The number of aromatic nitrogens is 1. The third-order valence-corrected chi connectivity index (χ3v) is 5.81. The van der Waals surface area contributed by atoms with Crippen LogP contribution in [0.4, 0.5) is 5.69 Å². The van der Waals surface area contributed by atoms with Gasteiger partial charge < -0.3 is 10.2 Å². The highest BCUT2D eigenvalue weighted by Crippen LogP contribution is 2.40. The van der Waals surface area contributed by atoms with Crippen molar-refractivity contribution >= 4 is 56.8 Å². The zero-order valence-electron chi connectivity index (χ0n) is 10.5. The Bertz CT molecular complexity index is 492. The van der Waals surface area contributed by atoms with E-state index in [9.17, 15) is 4.79 Å². The summed E-state index contributed by atoms with van der Waals surface area (Å²) in [6, 6.07) is 0. The second kappa shape index (κ2) is 5.34. The van der Waals surface area contributed by atoms with Gasteiger partial charge in [0.2, 0.25) is 5.91 Å². The molecule has 2 fully saturated rings. The van der Waals surface area contributed by atoms with Crippen LogP contribution in [0.25, 0.3) is 0 Å². The third-order valence-electron chi connectivity index (χ3n) is 4.24. The Balaban J connectivity index is 1.79. The summed E-state index contributed by atoms with van der Waals surface area (Å²) in [5.74, 6) is 0.270. The molecular weight excluding hydrogens is 468 g/mol. The number of carbonyl (C=O) groups is 1. The van der Waals surface area contributed by atoms with Crippen LogP contribution in [0.1, 0.15) is 19.3 Å². The molecule has 6 heteroatoms. The van der Waals surface area contributed by atoms with Crippen molar-refractivity contribution in [1.29, 1.82) is 0 Å². The molecule has 1 aromatic rings. The molecule has 2 saturated heterocycles. The number of nitrogens with zero attached hydrogens (tertiary/aromatic N) is 2. The number of carbonyl (C=O) groups excluding carboxylic acids is 1. The first-order valence-corrected chi connectivity index (χ1v) is 8.60. The minimum atomic E-state index is -0.0829. The number of piperidine rings is 1. The molecule has 3 heterocycles. The monoisotopic (exact) mass is 483 g/mol. The molecule has 1 N–H and O–H groups in total. The topological polar surface area (TPSA) is 45.2 Å². The van der Waals surface area contributed by atoms with Crippen molar-refractivity contribution in [3.05, 3.63) is 19.5 Å². The van der Waals surface area contributed by atoms with Crippen molar-refractivity contribution in [3.63, 3.8) is 0 Å². The van der Waals surface area contributed by atoms with E-state index in [1.54, 1.807) is 0 Å². The van der Waals surface area contributed by atoms with Gasteiger partial charge in [-0.1, -0.05) is 0 Å². The summed E-state index contributed by atoms with van der Waals surface area (Å²) in [7, 11) is 0. The minimum absolute atomic E-state index is 0.0829. The highest BCUT2D eigenvalue weighted by Gasteiger charge is 2.44. The van der Waals surface area contributed by atoms with Crippen LogP contribution >= 0.6 is 45.2 Å². The number of rotatable bonds is 1. The van der Waals surface area contributed by atoms with Crippen LogP contribution in [-0.4, -0.2) is 30.5 Å². The van der Waals surface area contributed by atoms with Crippen LogP contribution < -0.4 is 10.2 Å². The summed E-state index contributed by atoms with van der Waals surface area (Å²) in [6.07, 6.45) is 6.75. The van der Waals surface area contributed by atoms with Crippen molar-refractivity contribution in [2.45, 2.75) is 19.3 Å². The maximum Gasteiger partial charge on any atom is 0.226 e. The van der Waals surface area contributed by atoms with Crippen molar-refractivity contribution in [3.8, 4) is 0 Å². The molecule has 19 heavy (non-hydrogen) atoms. The predicted octanol–water partition coefficient (Wildman–Crippen LogP) is 2.40. The number of halogens is 2. The lowest BCUT2D eigenvalue weighted by molar-refractivity contribution is -0.128. The summed E-state index contributed by atoms with van der Waals surface area (Å²) >= 11 is 4.69. The molecule has 102 valence electrons. The van der Waals surface area contributed by atoms with Crippen molar-refractivity contribution in [2.75, 3.05) is 24.5 Å². The van der Waals surface area contributed by atoms with Gasteiger partial charge in [0.15, 0.2) is 0 Å². The van der Waals surface area contributed by atoms with Gasteiger partial charge in [0, 0.05) is 32.0 Å². The molecule has 3 rings (SSSR count). The van der Waals surface area contributed by atoms with E-state index in [1.807, 2.05) is 12.4 Å². The summed E-state index contributed by atoms with van der Waals surface area (Å²) < 4.78 is 2.38. The predicted molar refractivity (Wildman–Crippen MR) is 91.2 cm³/mol. The first-order valence-electron chi connectivity index (χ1n) is 6.45. The zero-order chi connectivity index (χ0) is 13.5. The van der Waals surface area contributed by atoms with Crippen LogP contribution in [0, 0.1) is 12.6 Å². The van der Waals surface area contributed by atoms with Crippen LogP contribution in [0.5, 0.6) is 0 Å². The average Bonchev–Trinajstić information content (AvgIpc) is 2.73. The highest BCUT2D eigenvalue weighted by atomic mass is 127. The molecule has 0 saturated carbocycles. The average molecular weight is 483 g/mol. The largest absolute Gasteiger partial charge is 0.370 e. The van der Waals surface area contributed by atoms with Gasteiger partial charge in [-0.15, -0.1) is 0 Å². The summed E-state index contributed by atoms with van der Waals surface area (Å²) in [4.78, 5) is 18.6. The first kappa shape index (κ1) is 13.8. The molecule has 4 nitrogen and oxygen atoms in total. The van der Waals surface area contributed by atoms with E-state index in [4.69, 9.17) is 0 Å². The number of hydrogen-bond acceptors (Lipinski definition) is 3. The Morgan fingerprint density at radius 1 is 1.16 bits per heavy atom. The van der Waals surface area contributed by atoms with E-state index >= 15 is 0 Å². The highest BCUT2D eigenvalue weighted by molar-refractivity contribution is 14.1. The van der Waals surface area contributed by atoms with Crippen LogP contribution in [0.3, 0.4) is 0 Å². The molecule has 0 aromatic carbocycles. The van der Waals surface area contributed by atoms with E-state index in [1.165, 1.54) is 12.8 Å². The van der Waals surface area contributed by atoms with Gasteiger partial charge in [0.05, 0.1) is 18.2 Å². The summed E-state index contributed by atoms with van der Waals surface area (Å²) in [5.41, 5.74) is 1.20. The number of amides is 1. The molecule has 0 radical (unpaired) electrons. The van der Waals surface area contributed by atoms with Gasteiger partial charge in [-0.05, 0) is 64.4 Å². The SMILES string of the molecule is O=C1NCCC12CCN(c1c(I)cncc1I)CC2. The zero-order valence-corrected chi connectivity index (χ0v) is 14.8. The van der Waals surface area contributed by atoms with E-state index in [0.29, 0.717) is 0 Å². The molecule has 0 aliphatic carbocycles. The Labute approximate surface area is 140 Å². The van der Waals surface area contributed by atoms with E-state index in [2.05, 4.69) is 60.4 Å². The first-order chi connectivity index (χ1) is 9.12. The van der Waals surface area contributed by atoms with Crippen LogP contribution in [-0.2, 0) is 4.79 Å². The fourth-order valence-corrected chi connectivity index (χ4v) is 5.16. The number of pyridine rings is 1. The van der Waals surface area contributed by atoms with Gasteiger partial charge in [-0.2, -0.15) is 0 Å². The molecule has 2 aliphatic heterocycles. The molecule has 1 spiro atoms. The maximum atomic E-state index is 12.0. The fourth-order valence-electron chi connectivity index (χ4n) is 3.06. The second-order valence-electron chi connectivity index (χ2n) is 5.23. The molecular formula is C13H15I2N3O. The Kier molecular flexibility index (Phi) is 3.89. The fraction of sp³-hybridized carbons (Fsp3) is 0.538. The number of hydrogen-bond donors (Lipinski definition) is 1. The van der Waals surface area contributed by atoms with Gasteiger partial charge in [-0.3, -0.25) is 9.78 Å². The third kappa shape index (κ3) is 2.45. The summed E-state index contributed by atoms with van der Waals surface area (Å²) in [5, 5.41) is 2.99. The van der Waals surface area contributed by atoms with Crippen LogP contribution in [0.15, 0.2) is 12.4 Å². The molecule has 1 aromatic heterocycles. The van der Waals surface area contributed by atoms with Gasteiger partial charge in [-0.25, -0.2) is 0 Å². The second-order valence-corrected chi connectivity index (χ2v) is 7.55. The molecule has 0 atom stereocenters. The quantitative estimate of drug-likeness (QED) is 0.625. The summed E-state index contributed by atoms with van der Waals surface area (Å²) in [6.45, 7) is 2.77. The van der Waals surface area contributed by atoms with Crippen molar-refractivity contribution in [1.82, 2.24) is 10.3 Å². The molecule has 0 unspecified atom stereocenters. The van der Waals surface area contributed by atoms with Crippen molar-refractivity contribution in [2.24, 2.45) is 5.41 Å². The molecule has 2 aliphatic rings. The Morgan fingerprint density at radius 2 is 1.79 bits per heavy atom. The van der Waals surface area contributed by atoms with E-state index < -0.39 is 0 Å². The van der Waals surface area contributed by atoms with Gasteiger partial charge in [0.1, 0.15) is 0 Å². The molecule has 1 amide bonds. The Hall–Kier alpha value is -0.120. The standard InChI is InChI=1S/C13H15I2N3O/c14-9-7-16-8-10(15)11(9)18-5-2-13(3-6-18)1-4-17-12(13)19/h7-8H,1-6H2,(H,17,19). The van der Waals surface area contributed by atoms with Gasteiger partial charge >= 0.3 is 0 Å². The van der Waals surface area contributed by atoms with Crippen molar-refractivity contribution < 1.29 is 4.79 Å². The normalized spacial score (nSPS) is 21.8. The lowest BCUT2D eigenvalue weighted by Gasteiger charge is -2.39. The minimum Gasteiger partial charge on any atom is -0.370 e. The maximum absolute atomic E-state index is 12.0.